The van der Waals surface area contributed by atoms with Gasteiger partial charge in [-0.3, -0.25) is 9.59 Å². The molecule has 0 saturated heterocycles. The third kappa shape index (κ3) is 17.3. The van der Waals surface area contributed by atoms with Crippen LogP contribution in [0.15, 0.2) is 152 Å². The van der Waals surface area contributed by atoms with Crippen LogP contribution in [0.25, 0.3) is 0 Å². The molecule has 0 aromatic heterocycles. The van der Waals surface area contributed by atoms with Crippen LogP contribution in [-0.2, 0) is 57.6 Å². The van der Waals surface area contributed by atoms with E-state index in [4.69, 9.17) is 33.2 Å². The van der Waals surface area contributed by atoms with Gasteiger partial charge in [0.15, 0.2) is 0 Å². The molecule has 0 saturated carbocycles. The van der Waals surface area contributed by atoms with Crippen molar-refractivity contribution in [1.82, 2.24) is 10.6 Å². The molecule has 76 heavy (non-hydrogen) atoms. The maximum absolute atomic E-state index is 13.5. The van der Waals surface area contributed by atoms with Gasteiger partial charge in [0.25, 0.3) is 11.8 Å². The van der Waals surface area contributed by atoms with Crippen LogP contribution < -0.4 is 39.1 Å². The predicted molar refractivity (Wildman–Crippen MR) is 282 cm³/mol. The van der Waals surface area contributed by atoms with E-state index in [1.54, 1.807) is 54.6 Å². The Bertz CT molecular complexity index is 2630. The Morgan fingerprint density at radius 1 is 0.355 bits per heavy atom. The fourth-order valence-corrected chi connectivity index (χ4v) is 7.48. The average molecular weight is 1040 g/mol. The monoisotopic (exact) mass is 1030 g/mol. The van der Waals surface area contributed by atoms with Crippen LogP contribution >= 0.6 is 0 Å². The first-order valence-electron chi connectivity index (χ1n) is 24.7. The second kappa shape index (κ2) is 28.9. The summed E-state index contributed by atoms with van der Waals surface area (Å²) in [6.07, 6.45) is 0.830. The Morgan fingerprint density at radius 3 is 0.868 bits per heavy atom. The van der Waals surface area contributed by atoms with Gasteiger partial charge >= 0.3 is 5.97 Å². The van der Waals surface area contributed by atoms with Crippen molar-refractivity contribution in [3.8, 4) is 34.5 Å². The zero-order chi connectivity index (χ0) is 53.5. The molecule has 7 aromatic carbocycles. The number of esters is 1. The fourth-order valence-electron chi connectivity index (χ4n) is 7.48. The number of hydrogen-bond acceptors (Lipinski definition) is 14. The lowest BCUT2D eigenvalue weighted by atomic mass is 10.1. The number of nitrogens with one attached hydrogen (secondary N) is 2. The predicted octanol–water partition coefficient (Wildman–Crippen LogP) is 8.16. The van der Waals surface area contributed by atoms with E-state index >= 15 is 0 Å². The van der Waals surface area contributed by atoms with E-state index in [0.717, 1.165) is 44.5 Å². The van der Waals surface area contributed by atoms with Crippen LogP contribution in [0.5, 0.6) is 34.5 Å². The van der Waals surface area contributed by atoms with Gasteiger partial charge in [-0.1, -0.05) is 97.1 Å². The number of amides is 2. The van der Waals surface area contributed by atoms with Crippen molar-refractivity contribution in [3.63, 3.8) is 0 Å². The van der Waals surface area contributed by atoms with E-state index in [0.29, 0.717) is 58.5 Å². The first kappa shape index (κ1) is 55.3. The zero-order valence-electron chi connectivity index (χ0n) is 42.2. The standard InChI is InChI=1S/C60H62N2O14/c1-70-60(69)51-28-52(71-22-2-20-61-58(67)49-24-54(73-37-45-12-4-41(33-63)5-13-45)31-55(25-49)74-38-46-14-6-42(34-64)7-15-46)30-53(29-51)72-23-3-21-62-59(68)50-26-56(75-39-47-16-8-43(35-65)9-17-47)32-57(27-50)76-40-48-18-10-44(36-66)11-19-48/h4-19,24-32,63-66H,2-3,20-23,33-40H2,1H3,(H,61,67)(H,62,68). The van der Waals surface area contributed by atoms with E-state index in [9.17, 15) is 34.8 Å². The van der Waals surface area contributed by atoms with Gasteiger partial charge < -0.3 is 64.2 Å². The highest BCUT2D eigenvalue weighted by atomic mass is 16.5. The summed E-state index contributed by atoms with van der Waals surface area (Å²) in [4.78, 5) is 39.6. The van der Waals surface area contributed by atoms with Crippen molar-refractivity contribution in [2.45, 2.75) is 65.7 Å². The van der Waals surface area contributed by atoms with Gasteiger partial charge in [0.2, 0.25) is 0 Å². The smallest absolute Gasteiger partial charge is 0.338 e. The lowest BCUT2D eigenvalue weighted by Gasteiger charge is -2.14. The second-order valence-electron chi connectivity index (χ2n) is 17.5. The topological polar surface area (TPSA) is 221 Å². The number of ether oxygens (including phenoxy) is 7. The van der Waals surface area contributed by atoms with Crippen molar-refractivity contribution in [3.05, 3.63) is 213 Å². The highest BCUT2D eigenvalue weighted by Gasteiger charge is 2.15. The molecule has 7 rings (SSSR count). The van der Waals surface area contributed by atoms with Crippen LogP contribution in [0.3, 0.4) is 0 Å². The van der Waals surface area contributed by atoms with E-state index in [-0.39, 0.29) is 96.5 Å². The number of rotatable bonds is 29. The lowest BCUT2D eigenvalue weighted by Crippen LogP contribution is -2.25. The molecule has 0 radical (unpaired) electrons. The Labute approximate surface area is 441 Å². The van der Waals surface area contributed by atoms with Crippen molar-refractivity contribution >= 4 is 17.8 Å². The Kier molecular flexibility index (Phi) is 21.0. The van der Waals surface area contributed by atoms with Gasteiger partial charge in [0.05, 0.1) is 52.3 Å². The zero-order valence-corrected chi connectivity index (χ0v) is 42.2. The first-order chi connectivity index (χ1) is 37.1. The van der Waals surface area contributed by atoms with Crippen LogP contribution in [-0.4, -0.2) is 71.6 Å². The van der Waals surface area contributed by atoms with E-state index in [2.05, 4.69) is 10.6 Å². The minimum atomic E-state index is -0.586. The molecule has 16 nitrogen and oxygen atoms in total. The van der Waals surface area contributed by atoms with Crippen LogP contribution in [0.4, 0.5) is 0 Å². The van der Waals surface area contributed by atoms with Crippen LogP contribution in [0.1, 0.15) is 88.4 Å². The van der Waals surface area contributed by atoms with E-state index < -0.39 is 5.97 Å². The maximum Gasteiger partial charge on any atom is 0.338 e. The van der Waals surface area contributed by atoms with Gasteiger partial charge in [-0.05, 0) is 93.7 Å². The van der Waals surface area contributed by atoms with Gasteiger partial charge in [-0.2, -0.15) is 0 Å². The summed E-state index contributed by atoms with van der Waals surface area (Å²) < 4.78 is 41.3. The number of hydrogen-bond donors (Lipinski definition) is 6. The first-order valence-corrected chi connectivity index (χ1v) is 24.7. The van der Waals surface area contributed by atoms with E-state index in [1.165, 1.54) is 7.11 Å². The third-order valence-corrected chi connectivity index (χ3v) is 11.8. The molecule has 0 aliphatic heterocycles. The number of aliphatic hydroxyl groups is 4. The van der Waals surface area contributed by atoms with Crippen molar-refractivity contribution in [2.75, 3.05) is 33.4 Å². The molecule has 0 heterocycles. The quantitative estimate of drug-likeness (QED) is 0.0193. The molecule has 0 aliphatic carbocycles. The summed E-state index contributed by atoms with van der Waals surface area (Å²) in [6, 6.07) is 44.1. The molecule has 0 aliphatic rings. The fraction of sp³-hybridized carbons (Fsp3) is 0.250. The number of benzene rings is 7. The van der Waals surface area contributed by atoms with Crippen molar-refractivity contribution in [2.24, 2.45) is 0 Å². The molecular formula is C60H62N2O14. The van der Waals surface area contributed by atoms with Gasteiger partial charge in [0, 0.05) is 42.4 Å². The molecule has 0 atom stereocenters. The highest BCUT2D eigenvalue weighted by Crippen LogP contribution is 2.28. The summed E-state index contributed by atoms with van der Waals surface area (Å²) in [6.45, 7) is 1.52. The Balaban J connectivity index is 0.906. The number of carbonyl (C=O) groups excluding carboxylic acids is 3. The SMILES string of the molecule is COC(=O)c1cc(OCCCNC(=O)c2cc(OCc3ccc(CO)cc3)cc(OCc3ccc(CO)cc3)c2)cc(OCCCNC(=O)c2cc(OCc3ccc(CO)cc3)cc(OCc3ccc(CO)cc3)c2)c1. The molecule has 7 aromatic rings. The third-order valence-electron chi connectivity index (χ3n) is 11.8. The Morgan fingerprint density at radius 2 is 0.605 bits per heavy atom. The summed E-state index contributed by atoms with van der Waals surface area (Å²) >= 11 is 0. The second-order valence-corrected chi connectivity index (χ2v) is 17.5. The van der Waals surface area contributed by atoms with Crippen molar-refractivity contribution < 1.29 is 68.0 Å². The molecule has 6 N–H and O–H groups in total. The van der Waals surface area contributed by atoms with Gasteiger partial charge in [0.1, 0.15) is 60.9 Å². The lowest BCUT2D eigenvalue weighted by molar-refractivity contribution is 0.0599. The van der Waals surface area contributed by atoms with E-state index in [1.807, 2.05) is 97.1 Å². The summed E-state index contributed by atoms with van der Waals surface area (Å²) in [5, 5.41) is 43.5. The Hall–Kier alpha value is -8.41. The maximum atomic E-state index is 13.5. The minimum Gasteiger partial charge on any atom is -0.493 e. The normalized spacial score (nSPS) is 10.8. The molecule has 396 valence electrons. The highest BCUT2D eigenvalue weighted by molar-refractivity contribution is 5.95. The summed E-state index contributed by atoms with van der Waals surface area (Å²) in [5.74, 6) is 1.10. The minimum absolute atomic E-state index is 0.0643. The van der Waals surface area contributed by atoms with Crippen LogP contribution in [0, 0.1) is 0 Å². The van der Waals surface area contributed by atoms with Crippen molar-refractivity contribution in [1.29, 1.82) is 0 Å². The van der Waals surface area contributed by atoms with Gasteiger partial charge in [-0.25, -0.2) is 4.79 Å². The summed E-state index contributed by atoms with van der Waals surface area (Å²) in [5.41, 5.74) is 7.49. The molecule has 2 amide bonds. The van der Waals surface area contributed by atoms with Crippen LogP contribution in [0.2, 0.25) is 0 Å². The molecular weight excluding hydrogens is 973 g/mol. The molecule has 0 fully saturated rings. The molecule has 16 heteroatoms. The number of methoxy groups -OCH3 is 1. The average Bonchev–Trinajstić information content (AvgIpc) is 3.47. The molecule has 0 bridgehead atoms. The van der Waals surface area contributed by atoms with Gasteiger partial charge in [-0.15, -0.1) is 0 Å². The largest absolute Gasteiger partial charge is 0.493 e. The molecule has 0 spiro atoms. The summed E-state index contributed by atoms with van der Waals surface area (Å²) in [7, 11) is 1.28. The molecule has 0 unspecified atom stereocenters. The number of carbonyl (C=O) groups is 3. The number of aliphatic hydroxyl groups excluding tert-OH is 4.